The first kappa shape index (κ1) is 6.83. The SMILES string of the molecule is NC1CNC(=O)C(Cl)C1. The fourth-order valence-electron chi connectivity index (χ4n) is 0.799. The molecule has 1 fully saturated rings. The summed E-state index contributed by atoms with van der Waals surface area (Å²) < 4.78 is 0. The molecule has 3 N–H and O–H groups in total. The van der Waals surface area contributed by atoms with E-state index in [1.54, 1.807) is 0 Å². The van der Waals surface area contributed by atoms with Crippen LogP contribution in [0.3, 0.4) is 0 Å². The lowest BCUT2D eigenvalue weighted by Gasteiger charge is -2.21. The van der Waals surface area contributed by atoms with Gasteiger partial charge in [0, 0.05) is 12.6 Å². The first-order valence-electron chi connectivity index (χ1n) is 2.87. The minimum atomic E-state index is -0.422. The lowest BCUT2D eigenvalue weighted by Crippen LogP contribution is -2.48. The van der Waals surface area contributed by atoms with E-state index in [2.05, 4.69) is 5.32 Å². The third-order valence-electron chi connectivity index (χ3n) is 1.33. The van der Waals surface area contributed by atoms with Gasteiger partial charge in [0.2, 0.25) is 5.91 Å². The van der Waals surface area contributed by atoms with Gasteiger partial charge in [-0.2, -0.15) is 0 Å². The van der Waals surface area contributed by atoms with E-state index >= 15 is 0 Å². The molecule has 1 rings (SSSR count). The van der Waals surface area contributed by atoms with Crippen LogP contribution in [0.4, 0.5) is 0 Å². The van der Waals surface area contributed by atoms with Crippen molar-refractivity contribution >= 4 is 17.5 Å². The molecule has 0 aromatic heterocycles. The van der Waals surface area contributed by atoms with Gasteiger partial charge in [-0.25, -0.2) is 0 Å². The normalized spacial score (nSPS) is 36.0. The van der Waals surface area contributed by atoms with Gasteiger partial charge in [-0.05, 0) is 6.42 Å². The topological polar surface area (TPSA) is 55.1 Å². The first-order valence-corrected chi connectivity index (χ1v) is 3.31. The Labute approximate surface area is 58.5 Å². The third-order valence-corrected chi connectivity index (χ3v) is 1.71. The molecule has 1 aliphatic heterocycles. The lowest BCUT2D eigenvalue weighted by molar-refractivity contribution is -0.122. The second-order valence-electron chi connectivity index (χ2n) is 2.21. The summed E-state index contributed by atoms with van der Waals surface area (Å²) in [6, 6.07) is 0.0326. The molecule has 0 aromatic carbocycles. The van der Waals surface area contributed by atoms with E-state index in [1.165, 1.54) is 0 Å². The maximum atomic E-state index is 10.6. The van der Waals surface area contributed by atoms with Crippen molar-refractivity contribution in [2.45, 2.75) is 17.8 Å². The van der Waals surface area contributed by atoms with Gasteiger partial charge < -0.3 is 11.1 Å². The van der Waals surface area contributed by atoms with Crippen molar-refractivity contribution in [1.29, 1.82) is 0 Å². The van der Waals surface area contributed by atoms with Crippen molar-refractivity contribution < 1.29 is 4.79 Å². The Hall–Kier alpha value is -0.280. The highest BCUT2D eigenvalue weighted by Crippen LogP contribution is 2.08. The molecular weight excluding hydrogens is 140 g/mol. The number of carbonyl (C=O) groups excluding carboxylic acids is 1. The molecule has 52 valence electrons. The van der Waals surface area contributed by atoms with Crippen LogP contribution in [0.5, 0.6) is 0 Å². The van der Waals surface area contributed by atoms with Crippen LogP contribution >= 0.6 is 11.6 Å². The fourth-order valence-corrected chi connectivity index (χ4v) is 1.10. The zero-order valence-electron chi connectivity index (χ0n) is 4.93. The van der Waals surface area contributed by atoms with Crippen LogP contribution in [-0.2, 0) is 4.79 Å². The quantitative estimate of drug-likeness (QED) is 0.453. The lowest BCUT2D eigenvalue weighted by atomic mass is 10.1. The second-order valence-corrected chi connectivity index (χ2v) is 2.74. The Bertz CT molecular complexity index is 128. The van der Waals surface area contributed by atoms with Crippen LogP contribution in [0, 0.1) is 0 Å². The highest BCUT2D eigenvalue weighted by Gasteiger charge is 2.23. The van der Waals surface area contributed by atoms with E-state index in [0.717, 1.165) is 0 Å². The van der Waals surface area contributed by atoms with E-state index in [9.17, 15) is 4.79 Å². The van der Waals surface area contributed by atoms with Crippen LogP contribution < -0.4 is 11.1 Å². The smallest absolute Gasteiger partial charge is 0.238 e. The number of nitrogens with one attached hydrogen (secondary N) is 1. The molecule has 0 spiro atoms. The summed E-state index contributed by atoms with van der Waals surface area (Å²) in [5.74, 6) is -0.0987. The predicted octanol–water partition coefficient (Wildman–Crippen LogP) is -0.559. The van der Waals surface area contributed by atoms with Crippen LogP contribution in [0.25, 0.3) is 0 Å². The summed E-state index contributed by atoms with van der Waals surface area (Å²) in [6.07, 6.45) is 0.591. The van der Waals surface area contributed by atoms with E-state index in [-0.39, 0.29) is 11.9 Å². The number of piperidine rings is 1. The molecule has 2 atom stereocenters. The van der Waals surface area contributed by atoms with Gasteiger partial charge in [0.15, 0.2) is 0 Å². The molecule has 1 heterocycles. The molecule has 1 amide bonds. The van der Waals surface area contributed by atoms with Gasteiger partial charge in [-0.15, -0.1) is 11.6 Å². The number of rotatable bonds is 0. The Kier molecular flexibility index (Phi) is 1.93. The highest BCUT2D eigenvalue weighted by molar-refractivity contribution is 6.30. The average molecular weight is 149 g/mol. The van der Waals surface area contributed by atoms with Gasteiger partial charge in [0.25, 0.3) is 0 Å². The Morgan fingerprint density at radius 2 is 2.44 bits per heavy atom. The molecule has 1 saturated heterocycles. The summed E-state index contributed by atoms with van der Waals surface area (Å²) in [7, 11) is 0. The molecule has 0 aromatic rings. The second kappa shape index (κ2) is 2.54. The maximum Gasteiger partial charge on any atom is 0.238 e. The van der Waals surface area contributed by atoms with Gasteiger partial charge in [-0.3, -0.25) is 4.79 Å². The number of carbonyl (C=O) groups is 1. The summed E-state index contributed by atoms with van der Waals surface area (Å²) in [6.45, 7) is 0.558. The van der Waals surface area contributed by atoms with Gasteiger partial charge in [0.1, 0.15) is 5.38 Å². The maximum absolute atomic E-state index is 10.6. The van der Waals surface area contributed by atoms with E-state index in [4.69, 9.17) is 17.3 Å². The molecule has 4 heteroatoms. The molecule has 1 aliphatic rings. The molecular formula is C5H9ClN2O. The Balaban J connectivity index is 2.44. The minimum Gasteiger partial charge on any atom is -0.353 e. The van der Waals surface area contributed by atoms with E-state index < -0.39 is 5.38 Å². The van der Waals surface area contributed by atoms with Crippen molar-refractivity contribution in [1.82, 2.24) is 5.32 Å². The van der Waals surface area contributed by atoms with E-state index in [0.29, 0.717) is 13.0 Å². The number of hydrogen-bond acceptors (Lipinski definition) is 2. The fraction of sp³-hybridized carbons (Fsp3) is 0.800. The minimum absolute atomic E-state index is 0.0326. The van der Waals surface area contributed by atoms with E-state index in [1.807, 2.05) is 0 Å². The molecule has 0 aliphatic carbocycles. The molecule has 9 heavy (non-hydrogen) atoms. The van der Waals surface area contributed by atoms with Gasteiger partial charge in [0.05, 0.1) is 0 Å². The number of alkyl halides is 1. The van der Waals surface area contributed by atoms with Gasteiger partial charge >= 0.3 is 0 Å². The summed E-state index contributed by atoms with van der Waals surface area (Å²) in [5, 5.41) is 2.16. The predicted molar refractivity (Wildman–Crippen MR) is 35.2 cm³/mol. The van der Waals surface area contributed by atoms with Gasteiger partial charge in [-0.1, -0.05) is 0 Å². The molecule has 0 bridgehead atoms. The summed E-state index contributed by atoms with van der Waals surface area (Å²) in [5.41, 5.74) is 5.49. The third kappa shape index (κ3) is 1.56. The van der Waals surface area contributed by atoms with Crippen molar-refractivity contribution in [3.8, 4) is 0 Å². The molecule has 0 saturated carbocycles. The van der Waals surface area contributed by atoms with Crippen LogP contribution in [-0.4, -0.2) is 23.9 Å². The zero-order valence-corrected chi connectivity index (χ0v) is 5.69. The monoisotopic (exact) mass is 148 g/mol. The Morgan fingerprint density at radius 3 is 2.89 bits per heavy atom. The molecule has 2 unspecified atom stereocenters. The van der Waals surface area contributed by atoms with Crippen molar-refractivity contribution in [2.24, 2.45) is 5.73 Å². The number of halogens is 1. The number of amides is 1. The standard InChI is InChI=1S/C5H9ClN2O/c6-4-1-3(7)2-8-5(4)9/h3-4H,1-2,7H2,(H,8,9). The van der Waals surface area contributed by atoms with Crippen molar-refractivity contribution in [3.63, 3.8) is 0 Å². The number of hydrogen-bond donors (Lipinski definition) is 2. The summed E-state index contributed by atoms with van der Waals surface area (Å²) in [4.78, 5) is 10.6. The summed E-state index contributed by atoms with van der Waals surface area (Å²) >= 11 is 5.57. The highest BCUT2D eigenvalue weighted by atomic mass is 35.5. The molecule has 0 radical (unpaired) electrons. The van der Waals surface area contributed by atoms with Crippen LogP contribution in [0.2, 0.25) is 0 Å². The first-order chi connectivity index (χ1) is 4.20. The van der Waals surface area contributed by atoms with Crippen LogP contribution in [0.15, 0.2) is 0 Å². The average Bonchev–Trinajstić information content (AvgIpc) is 1.80. The Morgan fingerprint density at radius 1 is 1.78 bits per heavy atom. The molecule has 3 nitrogen and oxygen atoms in total. The largest absolute Gasteiger partial charge is 0.353 e. The van der Waals surface area contributed by atoms with Crippen molar-refractivity contribution in [3.05, 3.63) is 0 Å². The zero-order chi connectivity index (χ0) is 6.85. The number of nitrogens with two attached hydrogens (primary N) is 1. The van der Waals surface area contributed by atoms with Crippen LogP contribution in [0.1, 0.15) is 6.42 Å². The van der Waals surface area contributed by atoms with Crippen molar-refractivity contribution in [2.75, 3.05) is 6.54 Å².